The van der Waals surface area contributed by atoms with Crippen molar-refractivity contribution in [1.82, 2.24) is 5.17 Å². The van der Waals surface area contributed by atoms with Crippen molar-refractivity contribution < 1.29 is 9.63 Å². The van der Waals surface area contributed by atoms with E-state index in [2.05, 4.69) is 11.4 Å². The monoisotopic (exact) mass is 130 g/mol. The van der Waals surface area contributed by atoms with E-state index in [1.807, 2.05) is 0 Å². The van der Waals surface area contributed by atoms with Crippen molar-refractivity contribution in [3.8, 4) is 0 Å². The summed E-state index contributed by atoms with van der Waals surface area (Å²) in [5, 5.41) is 0.912. The van der Waals surface area contributed by atoms with E-state index in [1.54, 1.807) is 0 Å². The minimum atomic E-state index is -0.431. The standard InChI is InChI=1S/C5H10N2O2/c1-3-4-7(6)9-5(2)8/h3H,1,4,6H2,2H3. The van der Waals surface area contributed by atoms with E-state index in [-0.39, 0.29) is 0 Å². The highest BCUT2D eigenvalue weighted by Crippen LogP contribution is 1.80. The molecule has 0 unspecified atom stereocenters. The molecule has 52 valence electrons. The number of hydrogen-bond donors (Lipinski definition) is 1. The van der Waals surface area contributed by atoms with Crippen LogP contribution in [0.3, 0.4) is 0 Å². The molecule has 0 spiro atoms. The maximum Gasteiger partial charge on any atom is 0.323 e. The van der Waals surface area contributed by atoms with Crippen LogP contribution in [0.25, 0.3) is 0 Å². The van der Waals surface area contributed by atoms with Crippen LogP contribution in [0, 0.1) is 0 Å². The molecule has 0 saturated carbocycles. The van der Waals surface area contributed by atoms with Crippen LogP contribution in [-0.2, 0) is 9.63 Å². The smallest absolute Gasteiger partial charge is 0.323 e. The molecule has 0 aromatic carbocycles. The van der Waals surface area contributed by atoms with Gasteiger partial charge >= 0.3 is 5.97 Å². The van der Waals surface area contributed by atoms with Gasteiger partial charge in [-0.25, -0.2) is 5.84 Å². The molecule has 0 rings (SSSR count). The first-order valence-electron chi connectivity index (χ1n) is 2.48. The third kappa shape index (κ3) is 4.99. The van der Waals surface area contributed by atoms with Crippen molar-refractivity contribution in [3.63, 3.8) is 0 Å². The summed E-state index contributed by atoms with van der Waals surface area (Å²) in [6.45, 7) is 5.01. The first-order chi connectivity index (χ1) is 4.16. The van der Waals surface area contributed by atoms with Gasteiger partial charge in [-0.15, -0.1) is 6.58 Å². The number of carbonyl (C=O) groups excluding carboxylic acids is 1. The van der Waals surface area contributed by atoms with Crippen LogP contribution < -0.4 is 5.84 Å². The van der Waals surface area contributed by atoms with Crippen molar-refractivity contribution in [2.45, 2.75) is 6.92 Å². The van der Waals surface area contributed by atoms with Crippen LogP contribution in [-0.4, -0.2) is 17.7 Å². The fourth-order valence-electron chi connectivity index (χ4n) is 0.330. The molecule has 0 saturated heterocycles. The van der Waals surface area contributed by atoms with Crippen LogP contribution in [0.2, 0.25) is 0 Å². The van der Waals surface area contributed by atoms with E-state index in [0.29, 0.717) is 6.54 Å². The molecule has 0 radical (unpaired) electrons. The highest BCUT2D eigenvalue weighted by atomic mass is 16.7. The molecule has 0 bridgehead atoms. The Morgan fingerprint density at radius 3 is 2.89 bits per heavy atom. The lowest BCUT2D eigenvalue weighted by atomic mass is 10.6. The third-order valence-electron chi connectivity index (χ3n) is 0.555. The van der Waals surface area contributed by atoms with Gasteiger partial charge in [0.25, 0.3) is 0 Å². The number of carbonyl (C=O) groups is 1. The molecule has 0 aromatic heterocycles. The van der Waals surface area contributed by atoms with Crippen LogP contribution in [0.1, 0.15) is 6.92 Å². The average Bonchev–Trinajstić information content (AvgIpc) is 1.63. The zero-order valence-corrected chi connectivity index (χ0v) is 5.33. The second-order valence-electron chi connectivity index (χ2n) is 1.47. The normalized spacial score (nSPS) is 9.22. The molecule has 0 amide bonds. The Morgan fingerprint density at radius 2 is 2.56 bits per heavy atom. The summed E-state index contributed by atoms with van der Waals surface area (Å²) in [4.78, 5) is 14.5. The zero-order chi connectivity index (χ0) is 7.28. The van der Waals surface area contributed by atoms with Crippen molar-refractivity contribution in [3.05, 3.63) is 12.7 Å². The Hall–Kier alpha value is -0.870. The number of hydrogen-bond acceptors (Lipinski definition) is 4. The number of hydrazine groups is 1. The molecule has 0 heterocycles. The SMILES string of the molecule is C=CCN(N)OC(C)=O. The topological polar surface area (TPSA) is 55.6 Å². The maximum absolute atomic E-state index is 10.2. The van der Waals surface area contributed by atoms with E-state index in [9.17, 15) is 4.79 Å². The molecule has 0 aliphatic rings. The first kappa shape index (κ1) is 8.13. The van der Waals surface area contributed by atoms with Gasteiger partial charge in [0.2, 0.25) is 0 Å². The molecule has 4 heteroatoms. The molecule has 0 aromatic rings. The Labute approximate surface area is 53.8 Å². The largest absolute Gasteiger partial charge is 0.353 e. The highest BCUT2D eigenvalue weighted by molar-refractivity contribution is 5.65. The van der Waals surface area contributed by atoms with Crippen molar-refractivity contribution in [2.75, 3.05) is 6.54 Å². The summed E-state index contributed by atoms with van der Waals surface area (Å²) in [6, 6.07) is 0. The van der Waals surface area contributed by atoms with E-state index in [0.717, 1.165) is 5.17 Å². The Morgan fingerprint density at radius 1 is 2.00 bits per heavy atom. The van der Waals surface area contributed by atoms with Crippen molar-refractivity contribution in [1.29, 1.82) is 0 Å². The van der Waals surface area contributed by atoms with Gasteiger partial charge in [-0.3, -0.25) is 4.79 Å². The lowest BCUT2D eigenvalue weighted by Crippen LogP contribution is -2.32. The van der Waals surface area contributed by atoms with Crippen LogP contribution in [0.5, 0.6) is 0 Å². The van der Waals surface area contributed by atoms with E-state index in [4.69, 9.17) is 5.84 Å². The quantitative estimate of drug-likeness (QED) is 0.327. The zero-order valence-electron chi connectivity index (χ0n) is 5.33. The molecule has 0 aliphatic heterocycles. The van der Waals surface area contributed by atoms with Crippen LogP contribution >= 0.6 is 0 Å². The van der Waals surface area contributed by atoms with Gasteiger partial charge in [0.15, 0.2) is 0 Å². The molecular formula is C5H10N2O2. The molecule has 0 fully saturated rings. The molecule has 4 nitrogen and oxygen atoms in total. The van der Waals surface area contributed by atoms with Gasteiger partial charge < -0.3 is 4.84 Å². The first-order valence-corrected chi connectivity index (χ1v) is 2.48. The summed E-state index contributed by atoms with van der Waals surface area (Å²) < 4.78 is 0. The third-order valence-corrected chi connectivity index (χ3v) is 0.555. The Bertz CT molecular complexity index is 114. The molecular weight excluding hydrogens is 120 g/mol. The van der Waals surface area contributed by atoms with Crippen LogP contribution in [0.15, 0.2) is 12.7 Å². The van der Waals surface area contributed by atoms with Gasteiger partial charge in [-0.1, -0.05) is 11.2 Å². The molecule has 2 N–H and O–H groups in total. The van der Waals surface area contributed by atoms with E-state index >= 15 is 0 Å². The summed E-state index contributed by atoms with van der Waals surface area (Å²) in [7, 11) is 0. The second kappa shape index (κ2) is 4.05. The minimum Gasteiger partial charge on any atom is -0.353 e. The Kier molecular flexibility index (Phi) is 3.66. The lowest BCUT2D eigenvalue weighted by Gasteiger charge is -2.10. The number of nitrogens with two attached hydrogens (primary N) is 1. The molecule has 0 aliphatic carbocycles. The molecule has 9 heavy (non-hydrogen) atoms. The van der Waals surface area contributed by atoms with Gasteiger partial charge in [0.05, 0.1) is 6.54 Å². The maximum atomic E-state index is 10.2. The van der Waals surface area contributed by atoms with Gasteiger partial charge in [0.1, 0.15) is 0 Å². The van der Waals surface area contributed by atoms with Crippen molar-refractivity contribution >= 4 is 5.97 Å². The summed E-state index contributed by atoms with van der Waals surface area (Å²) >= 11 is 0. The van der Waals surface area contributed by atoms with Gasteiger partial charge in [-0.2, -0.15) is 0 Å². The van der Waals surface area contributed by atoms with E-state index in [1.165, 1.54) is 13.0 Å². The van der Waals surface area contributed by atoms with Gasteiger partial charge in [-0.05, 0) is 0 Å². The van der Waals surface area contributed by atoms with Crippen molar-refractivity contribution in [2.24, 2.45) is 5.84 Å². The number of rotatable bonds is 3. The summed E-state index contributed by atoms with van der Waals surface area (Å²) in [6.07, 6.45) is 1.53. The highest BCUT2D eigenvalue weighted by Gasteiger charge is 1.97. The fourth-order valence-corrected chi connectivity index (χ4v) is 0.330. The minimum absolute atomic E-state index is 0.333. The van der Waals surface area contributed by atoms with Gasteiger partial charge in [0, 0.05) is 6.92 Å². The predicted octanol–water partition coefficient (Wildman–Crippen LogP) is -0.174. The molecule has 0 atom stereocenters. The van der Waals surface area contributed by atoms with Crippen LogP contribution in [0.4, 0.5) is 0 Å². The Balaban J connectivity index is 3.37. The lowest BCUT2D eigenvalue weighted by molar-refractivity contribution is -0.186. The number of hydroxylamine groups is 1. The summed E-state index contributed by atoms with van der Waals surface area (Å²) in [5.41, 5.74) is 0. The van der Waals surface area contributed by atoms with E-state index < -0.39 is 5.97 Å². The average molecular weight is 130 g/mol. The second-order valence-corrected chi connectivity index (χ2v) is 1.47. The summed E-state index contributed by atoms with van der Waals surface area (Å²) in [5.74, 6) is 4.67. The fraction of sp³-hybridized carbons (Fsp3) is 0.400. The number of nitrogens with zero attached hydrogens (tertiary/aromatic N) is 1. The predicted molar refractivity (Wildman–Crippen MR) is 32.9 cm³/mol.